The van der Waals surface area contributed by atoms with Gasteiger partial charge >= 0.3 is 12.0 Å². The van der Waals surface area contributed by atoms with Crippen molar-refractivity contribution in [2.75, 3.05) is 20.2 Å². The highest BCUT2D eigenvalue weighted by Crippen LogP contribution is 2.44. The zero-order chi connectivity index (χ0) is 20.4. The number of esters is 1. The van der Waals surface area contributed by atoms with Gasteiger partial charge in [-0.05, 0) is 38.7 Å². The maximum atomic E-state index is 12.8. The van der Waals surface area contributed by atoms with Gasteiger partial charge in [0.1, 0.15) is 5.76 Å². The summed E-state index contributed by atoms with van der Waals surface area (Å²) in [6.07, 6.45) is 2.04. The smallest absolute Gasteiger partial charge is 0.336 e. The molecule has 9 heteroatoms. The van der Waals surface area contributed by atoms with E-state index in [9.17, 15) is 14.4 Å². The quantitative estimate of drug-likeness (QED) is 0.579. The Hall–Kier alpha value is -2.84. The maximum Gasteiger partial charge on any atom is 0.336 e. The van der Waals surface area contributed by atoms with Gasteiger partial charge in [0.25, 0.3) is 0 Å². The minimum Gasteiger partial charge on any atom is -0.466 e. The highest BCUT2D eigenvalue weighted by molar-refractivity contribution is 6.01. The third-order valence-corrected chi connectivity index (χ3v) is 5.35. The summed E-state index contributed by atoms with van der Waals surface area (Å²) < 4.78 is 10.3. The molecule has 3 heterocycles. The van der Waals surface area contributed by atoms with Crippen LogP contribution in [0.1, 0.15) is 43.2 Å². The van der Waals surface area contributed by atoms with Gasteiger partial charge in [0.2, 0.25) is 5.91 Å². The van der Waals surface area contributed by atoms with Crippen molar-refractivity contribution < 1.29 is 23.6 Å². The molecule has 2 aliphatic rings. The molecule has 2 aliphatic heterocycles. The Morgan fingerprint density at radius 1 is 1.21 bits per heavy atom. The van der Waals surface area contributed by atoms with E-state index in [4.69, 9.17) is 9.26 Å². The van der Waals surface area contributed by atoms with Gasteiger partial charge in [-0.1, -0.05) is 5.16 Å². The molecule has 28 heavy (non-hydrogen) atoms. The molecule has 0 radical (unpaired) electrons. The number of ether oxygens (including phenoxy) is 1. The minimum absolute atomic E-state index is 0.0112. The van der Waals surface area contributed by atoms with Crippen molar-refractivity contribution in [1.29, 1.82) is 0 Å². The van der Waals surface area contributed by atoms with Gasteiger partial charge in [0.15, 0.2) is 0 Å². The Kier molecular flexibility index (Phi) is 5.71. The van der Waals surface area contributed by atoms with E-state index in [1.807, 2.05) is 13.8 Å². The SMILES string of the molecule is COC(=O)C1=C(c2c(C)noc2C)C[C@@H]2CC[C@H]1N2C(=O)NCCNC(C)=O. The number of aryl methyl sites for hydroxylation is 2. The van der Waals surface area contributed by atoms with E-state index in [0.717, 1.165) is 23.3 Å². The van der Waals surface area contributed by atoms with Crippen LogP contribution in [0.4, 0.5) is 4.79 Å². The van der Waals surface area contributed by atoms with Crippen molar-refractivity contribution in [3.63, 3.8) is 0 Å². The van der Waals surface area contributed by atoms with Gasteiger partial charge in [-0.3, -0.25) is 4.79 Å². The average Bonchev–Trinajstić information content (AvgIpc) is 3.15. The largest absolute Gasteiger partial charge is 0.466 e. The third kappa shape index (κ3) is 3.61. The summed E-state index contributed by atoms with van der Waals surface area (Å²) in [5, 5.41) is 9.48. The first-order chi connectivity index (χ1) is 13.3. The first kappa shape index (κ1) is 19.9. The van der Waals surface area contributed by atoms with Crippen LogP contribution < -0.4 is 10.6 Å². The van der Waals surface area contributed by atoms with Crippen molar-refractivity contribution in [3.8, 4) is 0 Å². The fraction of sp³-hybridized carbons (Fsp3) is 0.579. The lowest BCUT2D eigenvalue weighted by molar-refractivity contribution is -0.136. The molecule has 0 aliphatic carbocycles. The molecule has 0 aromatic carbocycles. The van der Waals surface area contributed by atoms with Crippen molar-refractivity contribution in [2.45, 2.75) is 52.1 Å². The summed E-state index contributed by atoms with van der Waals surface area (Å²) in [4.78, 5) is 38.1. The topological polar surface area (TPSA) is 114 Å². The molecule has 2 bridgehead atoms. The van der Waals surface area contributed by atoms with Gasteiger partial charge in [0, 0.05) is 31.6 Å². The zero-order valence-electron chi connectivity index (χ0n) is 16.6. The molecule has 0 saturated carbocycles. The van der Waals surface area contributed by atoms with E-state index < -0.39 is 5.97 Å². The second-order valence-electron chi connectivity index (χ2n) is 7.16. The summed E-state index contributed by atoms with van der Waals surface area (Å²) in [5.74, 6) is 0.0743. The monoisotopic (exact) mass is 390 g/mol. The molecule has 3 amide bonds. The predicted octanol–water partition coefficient (Wildman–Crippen LogP) is 1.30. The van der Waals surface area contributed by atoms with Gasteiger partial charge in [-0.25, -0.2) is 9.59 Å². The molecule has 3 rings (SSSR count). The average molecular weight is 390 g/mol. The number of carbonyl (C=O) groups is 3. The summed E-state index contributed by atoms with van der Waals surface area (Å²) in [6, 6.07) is -0.601. The Morgan fingerprint density at radius 2 is 1.93 bits per heavy atom. The third-order valence-electron chi connectivity index (χ3n) is 5.35. The van der Waals surface area contributed by atoms with Gasteiger partial charge in [-0.15, -0.1) is 0 Å². The van der Waals surface area contributed by atoms with E-state index in [1.165, 1.54) is 14.0 Å². The van der Waals surface area contributed by atoms with Crippen LogP contribution in [0.3, 0.4) is 0 Å². The summed E-state index contributed by atoms with van der Waals surface area (Å²) in [7, 11) is 1.35. The lowest BCUT2D eigenvalue weighted by Gasteiger charge is -2.37. The second-order valence-corrected chi connectivity index (χ2v) is 7.16. The van der Waals surface area contributed by atoms with E-state index >= 15 is 0 Å². The van der Waals surface area contributed by atoms with Crippen molar-refractivity contribution in [2.24, 2.45) is 0 Å². The number of carbonyl (C=O) groups excluding carboxylic acids is 3. The molecule has 1 fully saturated rings. The van der Waals surface area contributed by atoms with Crippen molar-refractivity contribution >= 4 is 23.5 Å². The second kappa shape index (κ2) is 8.04. The molecule has 2 N–H and O–H groups in total. The molecule has 2 atom stereocenters. The van der Waals surface area contributed by atoms with Crippen LogP contribution in [0.2, 0.25) is 0 Å². The summed E-state index contributed by atoms with van der Waals surface area (Å²) in [6.45, 7) is 5.77. The minimum atomic E-state index is -0.434. The number of hydrogen-bond acceptors (Lipinski definition) is 6. The van der Waals surface area contributed by atoms with E-state index in [2.05, 4.69) is 15.8 Å². The lowest BCUT2D eigenvalue weighted by Crippen LogP contribution is -2.51. The van der Waals surface area contributed by atoms with Crippen LogP contribution in [-0.4, -0.2) is 60.2 Å². The van der Waals surface area contributed by atoms with Crippen LogP contribution in [-0.2, 0) is 14.3 Å². The van der Waals surface area contributed by atoms with Gasteiger partial charge in [0.05, 0.1) is 24.4 Å². The number of methoxy groups -OCH3 is 1. The number of hydrogen-bond donors (Lipinski definition) is 2. The van der Waals surface area contributed by atoms with E-state index in [-0.39, 0.29) is 24.0 Å². The molecule has 1 saturated heterocycles. The van der Waals surface area contributed by atoms with Crippen LogP contribution in [0.15, 0.2) is 10.1 Å². The Morgan fingerprint density at radius 3 is 2.54 bits per heavy atom. The number of rotatable bonds is 5. The predicted molar refractivity (Wildman–Crippen MR) is 100 cm³/mol. The van der Waals surface area contributed by atoms with E-state index in [0.29, 0.717) is 37.3 Å². The van der Waals surface area contributed by atoms with Crippen LogP contribution in [0, 0.1) is 13.8 Å². The molecule has 1 aromatic rings. The number of nitrogens with zero attached hydrogens (tertiary/aromatic N) is 2. The van der Waals surface area contributed by atoms with Gasteiger partial charge < -0.3 is 24.8 Å². The highest BCUT2D eigenvalue weighted by atomic mass is 16.5. The van der Waals surface area contributed by atoms with Crippen LogP contribution in [0.25, 0.3) is 5.57 Å². The number of urea groups is 1. The first-order valence-corrected chi connectivity index (χ1v) is 9.40. The Bertz CT molecular complexity index is 809. The fourth-order valence-electron chi connectivity index (χ4n) is 4.24. The standard InChI is InChI=1S/C19H26N4O5/c1-10-16(11(2)28-22-10)14-9-13-5-6-15(17(14)18(25)27-4)23(13)19(26)21-8-7-20-12(3)24/h13,15H,5-9H2,1-4H3,(H,20,24)(H,21,26)/t13-,15+/m0/s1. The molecule has 0 spiro atoms. The van der Waals surface area contributed by atoms with Crippen LogP contribution in [0.5, 0.6) is 0 Å². The fourth-order valence-corrected chi connectivity index (χ4v) is 4.24. The van der Waals surface area contributed by atoms with Crippen LogP contribution >= 0.6 is 0 Å². The molecular formula is C19H26N4O5. The lowest BCUT2D eigenvalue weighted by atomic mass is 9.87. The Balaban J connectivity index is 1.88. The normalized spacial score (nSPS) is 20.9. The van der Waals surface area contributed by atoms with E-state index in [1.54, 1.807) is 4.90 Å². The number of amides is 3. The molecule has 0 unspecified atom stereocenters. The molecule has 9 nitrogen and oxygen atoms in total. The maximum absolute atomic E-state index is 12.8. The first-order valence-electron chi connectivity index (χ1n) is 9.40. The van der Waals surface area contributed by atoms with Gasteiger partial charge in [-0.2, -0.15) is 0 Å². The number of nitrogens with one attached hydrogen (secondary N) is 2. The molecule has 152 valence electrons. The summed E-state index contributed by atoms with van der Waals surface area (Å²) >= 11 is 0. The van der Waals surface area contributed by atoms with Crippen molar-refractivity contribution in [1.82, 2.24) is 20.7 Å². The number of fused-ring (bicyclic) bond motifs is 2. The summed E-state index contributed by atoms with van der Waals surface area (Å²) in [5.41, 5.74) is 2.92. The highest BCUT2D eigenvalue weighted by Gasteiger charge is 2.47. The number of aromatic nitrogens is 1. The zero-order valence-corrected chi connectivity index (χ0v) is 16.6. The molecule has 1 aromatic heterocycles. The molecular weight excluding hydrogens is 364 g/mol. The Labute approximate surface area is 163 Å². The van der Waals surface area contributed by atoms with Crippen molar-refractivity contribution in [3.05, 3.63) is 22.6 Å².